The molecule has 2 aromatic rings. The van der Waals surface area contributed by atoms with Gasteiger partial charge in [-0.1, -0.05) is 11.6 Å². The SMILES string of the molecule is Cc1ncccc1C(=O)Nc1cc(Cl)ccc1Br. The van der Waals surface area contributed by atoms with E-state index in [0.29, 0.717) is 22.0 Å². The first-order chi connectivity index (χ1) is 8.58. The van der Waals surface area contributed by atoms with Gasteiger partial charge in [-0.2, -0.15) is 0 Å². The van der Waals surface area contributed by atoms with Crippen LogP contribution in [0, 0.1) is 6.92 Å². The molecule has 1 heterocycles. The summed E-state index contributed by atoms with van der Waals surface area (Å²) in [5.74, 6) is -0.205. The van der Waals surface area contributed by atoms with Crippen molar-refractivity contribution in [3.05, 3.63) is 57.3 Å². The minimum Gasteiger partial charge on any atom is -0.321 e. The van der Waals surface area contributed by atoms with E-state index in [4.69, 9.17) is 11.6 Å². The van der Waals surface area contributed by atoms with Crippen molar-refractivity contribution >= 4 is 39.1 Å². The van der Waals surface area contributed by atoms with E-state index in [1.165, 1.54) is 0 Å². The van der Waals surface area contributed by atoms with Crippen LogP contribution in [0.2, 0.25) is 5.02 Å². The number of aromatic nitrogens is 1. The zero-order valence-electron chi connectivity index (χ0n) is 9.58. The van der Waals surface area contributed by atoms with Gasteiger partial charge in [0.1, 0.15) is 0 Å². The molecule has 18 heavy (non-hydrogen) atoms. The number of anilines is 1. The van der Waals surface area contributed by atoms with E-state index in [9.17, 15) is 4.79 Å². The van der Waals surface area contributed by atoms with Crippen LogP contribution in [0.25, 0.3) is 0 Å². The van der Waals surface area contributed by atoms with Crippen molar-refractivity contribution in [3.8, 4) is 0 Å². The van der Waals surface area contributed by atoms with Crippen LogP contribution in [0.1, 0.15) is 16.1 Å². The maximum Gasteiger partial charge on any atom is 0.257 e. The molecule has 1 amide bonds. The Morgan fingerprint density at radius 2 is 2.17 bits per heavy atom. The van der Waals surface area contributed by atoms with Crippen LogP contribution < -0.4 is 5.32 Å². The molecule has 1 N–H and O–H groups in total. The molecule has 0 radical (unpaired) electrons. The number of carbonyl (C=O) groups is 1. The van der Waals surface area contributed by atoms with Crippen LogP contribution in [0.15, 0.2) is 41.0 Å². The number of nitrogens with zero attached hydrogens (tertiary/aromatic N) is 1. The minimum absolute atomic E-state index is 0.205. The molecule has 0 atom stereocenters. The third-order valence-electron chi connectivity index (χ3n) is 2.43. The topological polar surface area (TPSA) is 42.0 Å². The fraction of sp³-hybridized carbons (Fsp3) is 0.0769. The molecule has 0 bridgehead atoms. The van der Waals surface area contributed by atoms with Gasteiger partial charge in [-0.05, 0) is 53.2 Å². The van der Waals surface area contributed by atoms with Crippen LogP contribution in [0.4, 0.5) is 5.69 Å². The smallest absolute Gasteiger partial charge is 0.257 e. The molecule has 0 unspecified atom stereocenters. The molecule has 3 nitrogen and oxygen atoms in total. The lowest BCUT2D eigenvalue weighted by Crippen LogP contribution is -2.14. The van der Waals surface area contributed by atoms with Gasteiger partial charge in [0.05, 0.1) is 11.3 Å². The van der Waals surface area contributed by atoms with E-state index in [0.717, 1.165) is 4.47 Å². The fourth-order valence-electron chi connectivity index (χ4n) is 1.51. The lowest BCUT2D eigenvalue weighted by atomic mass is 10.2. The second-order valence-corrected chi connectivity index (χ2v) is 5.01. The lowest BCUT2D eigenvalue weighted by Gasteiger charge is -2.09. The highest BCUT2D eigenvalue weighted by molar-refractivity contribution is 9.10. The number of amides is 1. The van der Waals surface area contributed by atoms with Crippen LogP contribution in [0.3, 0.4) is 0 Å². The number of rotatable bonds is 2. The van der Waals surface area contributed by atoms with Gasteiger partial charge in [0.2, 0.25) is 0 Å². The Morgan fingerprint density at radius 3 is 2.89 bits per heavy atom. The number of aryl methyl sites for hydroxylation is 1. The van der Waals surface area contributed by atoms with E-state index in [2.05, 4.69) is 26.2 Å². The van der Waals surface area contributed by atoms with Gasteiger partial charge in [-0.3, -0.25) is 9.78 Å². The molecule has 0 saturated heterocycles. The van der Waals surface area contributed by atoms with E-state index in [1.807, 2.05) is 0 Å². The highest BCUT2D eigenvalue weighted by atomic mass is 79.9. The first-order valence-corrected chi connectivity index (χ1v) is 6.43. The Bertz CT molecular complexity index is 601. The summed E-state index contributed by atoms with van der Waals surface area (Å²) in [5, 5.41) is 3.36. The summed E-state index contributed by atoms with van der Waals surface area (Å²) >= 11 is 9.25. The van der Waals surface area contributed by atoms with Gasteiger partial charge in [-0.25, -0.2) is 0 Å². The van der Waals surface area contributed by atoms with Gasteiger partial charge < -0.3 is 5.32 Å². The van der Waals surface area contributed by atoms with Crippen LogP contribution >= 0.6 is 27.5 Å². The monoisotopic (exact) mass is 324 g/mol. The molecule has 0 spiro atoms. The normalized spacial score (nSPS) is 10.2. The number of hydrogen-bond donors (Lipinski definition) is 1. The zero-order valence-corrected chi connectivity index (χ0v) is 11.9. The standard InChI is InChI=1S/C13H10BrClN2O/c1-8-10(3-2-6-16-8)13(18)17-12-7-9(15)4-5-11(12)14/h2-7H,1H3,(H,17,18). The van der Waals surface area contributed by atoms with Crippen LogP contribution in [-0.2, 0) is 0 Å². The highest BCUT2D eigenvalue weighted by Gasteiger charge is 2.11. The molecule has 1 aromatic heterocycles. The minimum atomic E-state index is -0.205. The lowest BCUT2D eigenvalue weighted by molar-refractivity contribution is 0.102. The van der Waals surface area contributed by atoms with Crippen LogP contribution in [-0.4, -0.2) is 10.9 Å². The molecule has 92 valence electrons. The first-order valence-electron chi connectivity index (χ1n) is 5.26. The number of pyridine rings is 1. The first kappa shape index (κ1) is 13.1. The van der Waals surface area contributed by atoms with Crippen molar-refractivity contribution < 1.29 is 4.79 Å². The summed E-state index contributed by atoms with van der Waals surface area (Å²) in [5.41, 5.74) is 1.87. The summed E-state index contributed by atoms with van der Waals surface area (Å²) in [6.45, 7) is 1.79. The van der Waals surface area contributed by atoms with E-state index in [1.54, 1.807) is 43.5 Å². The summed E-state index contributed by atoms with van der Waals surface area (Å²) < 4.78 is 0.779. The Morgan fingerprint density at radius 1 is 1.39 bits per heavy atom. The zero-order chi connectivity index (χ0) is 13.1. The van der Waals surface area contributed by atoms with Crippen molar-refractivity contribution in [2.24, 2.45) is 0 Å². The highest BCUT2D eigenvalue weighted by Crippen LogP contribution is 2.26. The molecule has 0 fully saturated rings. The van der Waals surface area contributed by atoms with Gasteiger partial charge in [0.15, 0.2) is 0 Å². The van der Waals surface area contributed by atoms with Crippen molar-refractivity contribution in [1.29, 1.82) is 0 Å². The van der Waals surface area contributed by atoms with Crippen molar-refractivity contribution in [2.75, 3.05) is 5.32 Å². The number of halogens is 2. The Labute approximate surface area is 118 Å². The number of nitrogens with one attached hydrogen (secondary N) is 1. The Hall–Kier alpha value is -1.39. The van der Waals surface area contributed by atoms with Crippen molar-refractivity contribution in [1.82, 2.24) is 4.98 Å². The van der Waals surface area contributed by atoms with Crippen molar-refractivity contribution in [2.45, 2.75) is 6.92 Å². The van der Waals surface area contributed by atoms with Gasteiger partial charge in [-0.15, -0.1) is 0 Å². The fourth-order valence-corrected chi connectivity index (χ4v) is 2.03. The summed E-state index contributed by atoms with van der Waals surface area (Å²) in [6.07, 6.45) is 1.65. The summed E-state index contributed by atoms with van der Waals surface area (Å²) in [4.78, 5) is 16.2. The van der Waals surface area contributed by atoms with Gasteiger partial charge >= 0.3 is 0 Å². The molecule has 1 aromatic carbocycles. The number of carbonyl (C=O) groups excluding carboxylic acids is 1. The third-order valence-corrected chi connectivity index (χ3v) is 3.35. The van der Waals surface area contributed by atoms with Crippen LogP contribution in [0.5, 0.6) is 0 Å². The van der Waals surface area contributed by atoms with Crippen molar-refractivity contribution in [3.63, 3.8) is 0 Å². The molecular formula is C13H10BrClN2O. The molecule has 0 saturated carbocycles. The molecule has 5 heteroatoms. The second-order valence-electron chi connectivity index (χ2n) is 3.71. The predicted octanol–water partition coefficient (Wildman–Crippen LogP) is 4.06. The quantitative estimate of drug-likeness (QED) is 0.905. The Kier molecular flexibility index (Phi) is 3.99. The number of benzene rings is 1. The average Bonchev–Trinajstić information content (AvgIpc) is 2.34. The average molecular weight is 326 g/mol. The Balaban J connectivity index is 2.27. The molecule has 0 aliphatic heterocycles. The molecular weight excluding hydrogens is 316 g/mol. The molecule has 0 aliphatic carbocycles. The summed E-state index contributed by atoms with van der Waals surface area (Å²) in [6, 6.07) is 8.69. The molecule has 0 aliphatic rings. The molecule has 2 rings (SSSR count). The van der Waals surface area contributed by atoms with Gasteiger partial charge in [0, 0.05) is 21.4 Å². The maximum atomic E-state index is 12.1. The van der Waals surface area contributed by atoms with E-state index in [-0.39, 0.29) is 5.91 Å². The third kappa shape index (κ3) is 2.89. The summed E-state index contributed by atoms with van der Waals surface area (Å²) in [7, 11) is 0. The van der Waals surface area contributed by atoms with E-state index < -0.39 is 0 Å². The number of hydrogen-bond acceptors (Lipinski definition) is 2. The second kappa shape index (κ2) is 5.50. The predicted molar refractivity (Wildman–Crippen MR) is 76.1 cm³/mol. The largest absolute Gasteiger partial charge is 0.321 e. The van der Waals surface area contributed by atoms with E-state index >= 15 is 0 Å². The van der Waals surface area contributed by atoms with Gasteiger partial charge in [0.25, 0.3) is 5.91 Å². The maximum absolute atomic E-state index is 12.1.